The van der Waals surface area contributed by atoms with Gasteiger partial charge >= 0.3 is 0 Å². The molecule has 0 spiro atoms. The van der Waals surface area contributed by atoms with Gasteiger partial charge in [0.1, 0.15) is 0 Å². The van der Waals surface area contributed by atoms with Gasteiger partial charge in [-0.1, -0.05) is 24.3 Å². The van der Waals surface area contributed by atoms with Crippen LogP contribution in [0.4, 0.5) is 5.69 Å². The van der Waals surface area contributed by atoms with Crippen molar-refractivity contribution in [3.8, 4) is 0 Å². The second kappa shape index (κ2) is 8.03. The Morgan fingerprint density at radius 2 is 1.71 bits per heavy atom. The van der Waals surface area contributed by atoms with Crippen LogP contribution in [0.5, 0.6) is 0 Å². The lowest BCUT2D eigenvalue weighted by molar-refractivity contribution is -0.895. The number of quaternary nitrogens is 1. The van der Waals surface area contributed by atoms with Crippen molar-refractivity contribution in [1.82, 2.24) is 4.31 Å². The fraction of sp³-hybridized carbons (Fsp3) is 0.381. The maximum Gasteiger partial charge on any atom is 0.279 e. The first-order chi connectivity index (χ1) is 13.5. The van der Waals surface area contributed by atoms with E-state index in [1.54, 1.807) is 30.3 Å². The van der Waals surface area contributed by atoms with E-state index in [1.807, 2.05) is 6.07 Å². The molecule has 1 heterocycles. The molecule has 0 saturated carbocycles. The number of piperazine rings is 1. The average Bonchev–Trinajstić information content (AvgIpc) is 3.17. The van der Waals surface area contributed by atoms with Gasteiger partial charge in [0.05, 0.1) is 31.1 Å². The predicted molar refractivity (Wildman–Crippen MR) is 108 cm³/mol. The van der Waals surface area contributed by atoms with Crippen LogP contribution in [0.1, 0.15) is 17.5 Å². The number of sulfonamides is 1. The Morgan fingerprint density at radius 1 is 1.00 bits per heavy atom. The summed E-state index contributed by atoms with van der Waals surface area (Å²) in [5, 5.41) is 2.99. The van der Waals surface area contributed by atoms with Gasteiger partial charge in [-0.3, -0.25) is 4.79 Å². The van der Waals surface area contributed by atoms with E-state index in [2.05, 4.69) is 17.4 Å². The molecule has 1 saturated heterocycles. The highest BCUT2D eigenvalue weighted by Crippen LogP contribution is 2.24. The Balaban J connectivity index is 1.30. The van der Waals surface area contributed by atoms with Crippen molar-refractivity contribution in [1.29, 1.82) is 0 Å². The summed E-state index contributed by atoms with van der Waals surface area (Å²) < 4.78 is 26.9. The molecule has 1 fully saturated rings. The lowest BCUT2D eigenvalue weighted by Crippen LogP contribution is -3.15. The number of aryl methyl sites for hydroxylation is 2. The van der Waals surface area contributed by atoms with E-state index in [0.29, 0.717) is 37.6 Å². The van der Waals surface area contributed by atoms with Crippen molar-refractivity contribution in [2.45, 2.75) is 24.2 Å². The number of hydrogen-bond donors (Lipinski definition) is 2. The summed E-state index contributed by atoms with van der Waals surface area (Å²) in [6, 6.07) is 14.7. The molecule has 6 nitrogen and oxygen atoms in total. The monoisotopic (exact) mass is 400 g/mol. The summed E-state index contributed by atoms with van der Waals surface area (Å²) in [7, 11) is -3.45. The Labute approximate surface area is 166 Å². The molecule has 4 rings (SSSR count). The summed E-state index contributed by atoms with van der Waals surface area (Å²) in [6.07, 6.45) is 3.40. The number of amides is 1. The standard InChI is InChI=1S/C21H25N3O3S/c25-21(22-19-10-9-17-5-4-6-18(17)15-19)16-23-11-13-24(14-12-23)28(26,27)20-7-2-1-3-8-20/h1-3,7-10,15H,4-6,11-14,16H2,(H,22,25)/p+1. The molecule has 1 amide bonds. The Bertz CT molecular complexity index is 952. The molecule has 28 heavy (non-hydrogen) atoms. The Kier molecular flexibility index (Phi) is 5.48. The van der Waals surface area contributed by atoms with Crippen LogP contribution in [0.25, 0.3) is 0 Å². The maximum absolute atomic E-state index is 12.7. The van der Waals surface area contributed by atoms with Crippen LogP contribution < -0.4 is 10.2 Å². The maximum atomic E-state index is 12.7. The van der Waals surface area contributed by atoms with Crippen LogP contribution in [0.3, 0.4) is 0 Å². The minimum atomic E-state index is -3.45. The van der Waals surface area contributed by atoms with Gasteiger partial charge < -0.3 is 10.2 Å². The molecule has 2 N–H and O–H groups in total. The molecule has 0 radical (unpaired) electrons. The van der Waals surface area contributed by atoms with Crippen molar-refractivity contribution in [2.24, 2.45) is 0 Å². The van der Waals surface area contributed by atoms with Gasteiger partial charge in [-0.25, -0.2) is 8.42 Å². The number of benzene rings is 2. The number of anilines is 1. The zero-order valence-corrected chi connectivity index (χ0v) is 16.7. The Hall–Kier alpha value is -2.22. The molecule has 7 heteroatoms. The van der Waals surface area contributed by atoms with Gasteiger partial charge in [-0.2, -0.15) is 4.31 Å². The Morgan fingerprint density at radius 3 is 2.46 bits per heavy atom. The molecule has 0 aromatic heterocycles. The normalized spacial score (nSPS) is 18.0. The number of carbonyl (C=O) groups is 1. The first kappa shape index (κ1) is 19.1. The van der Waals surface area contributed by atoms with E-state index in [-0.39, 0.29) is 5.91 Å². The third-order valence-electron chi connectivity index (χ3n) is 5.60. The third-order valence-corrected chi connectivity index (χ3v) is 7.52. The van der Waals surface area contributed by atoms with Crippen LogP contribution in [0, 0.1) is 0 Å². The van der Waals surface area contributed by atoms with Crippen molar-refractivity contribution in [3.05, 3.63) is 59.7 Å². The molecule has 1 aliphatic carbocycles. The van der Waals surface area contributed by atoms with E-state index in [4.69, 9.17) is 0 Å². The molecular formula is C21H26N3O3S+. The fourth-order valence-electron chi connectivity index (χ4n) is 4.04. The van der Waals surface area contributed by atoms with E-state index >= 15 is 0 Å². The van der Waals surface area contributed by atoms with Crippen LogP contribution in [0.15, 0.2) is 53.4 Å². The first-order valence-electron chi connectivity index (χ1n) is 9.83. The largest absolute Gasteiger partial charge is 0.325 e. The van der Waals surface area contributed by atoms with Crippen molar-refractivity contribution in [3.63, 3.8) is 0 Å². The lowest BCUT2D eigenvalue weighted by Gasteiger charge is -2.31. The van der Waals surface area contributed by atoms with Crippen molar-refractivity contribution in [2.75, 3.05) is 38.0 Å². The molecular weight excluding hydrogens is 374 g/mol. The van der Waals surface area contributed by atoms with E-state index in [9.17, 15) is 13.2 Å². The summed E-state index contributed by atoms with van der Waals surface area (Å²) in [5.41, 5.74) is 3.58. The van der Waals surface area contributed by atoms with Gasteiger partial charge in [-0.15, -0.1) is 0 Å². The second-order valence-electron chi connectivity index (χ2n) is 7.53. The van der Waals surface area contributed by atoms with E-state index < -0.39 is 10.0 Å². The molecule has 2 aromatic carbocycles. The highest BCUT2D eigenvalue weighted by Gasteiger charge is 2.31. The number of nitrogens with zero attached hydrogens (tertiary/aromatic N) is 1. The number of rotatable bonds is 5. The zero-order valence-electron chi connectivity index (χ0n) is 15.9. The number of nitrogens with one attached hydrogen (secondary N) is 2. The van der Waals surface area contributed by atoms with Crippen LogP contribution in [-0.4, -0.2) is 51.4 Å². The fourth-order valence-corrected chi connectivity index (χ4v) is 5.51. The molecule has 148 valence electrons. The quantitative estimate of drug-likeness (QED) is 0.776. The minimum Gasteiger partial charge on any atom is -0.325 e. The van der Waals surface area contributed by atoms with Gasteiger partial charge in [0, 0.05) is 5.69 Å². The van der Waals surface area contributed by atoms with Gasteiger partial charge in [0.25, 0.3) is 5.91 Å². The molecule has 2 aromatic rings. The highest BCUT2D eigenvalue weighted by atomic mass is 32.2. The topological polar surface area (TPSA) is 70.9 Å². The predicted octanol–water partition coefficient (Wildman–Crippen LogP) is 0.703. The van der Waals surface area contributed by atoms with Gasteiger partial charge in [0.2, 0.25) is 10.0 Å². The molecule has 1 aliphatic heterocycles. The summed E-state index contributed by atoms with van der Waals surface area (Å²) >= 11 is 0. The molecule has 2 aliphatic rings. The van der Waals surface area contributed by atoms with Crippen molar-refractivity contribution >= 4 is 21.6 Å². The molecule has 0 unspecified atom stereocenters. The highest BCUT2D eigenvalue weighted by molar-refractivity contribution is 7.89. The summed E-state index contributed by atoms with van der Waals surface area (Å²) in [6.45, 7) is 2.47. The average molecular weight is 401 g/mol. The number of fused-ring (bicyclic) bond motifs is 1. The van der Waals surface area contributed by atoms with E-state index in [0.717, 1.165) is 23.4 Å². The second-order valence-corrected chi connectivity index (χ2v) is 9.47. The minimum absolute atomic E-state index is 0.0210. The summed E-state index contributed by atoms with van der Waals surface area (Å²) in [4.78, 5) is 13.9. The number of hydrogen-bond acceptors (Lipinski definition) is 3. The molecule has 0 atom stereocenters. The zero-order chi connectivity index (χ0) is 19.6. The number of carbonyl (C=O) groups excluding carboxylic acids is 1. The lowest BCUT2D eigenvalue weighted by atomic mass is 10.1. The molecule has 0 bridgehead atoms. The van der Waals surface area contributed by atoms with Crippen LogP contribution in [0.2, 0.25) is 0 Å². The SMILES string of the molecule is O=C(C[NH+]1CCN(S(=O)(=O)c2ccccc2)CC1)Nc1ccc2c(c1)CCC2. The van der Waals surface area contributed by atoms with Gasteiger partial charge in [0.15, 0.2) is 6.54 Å². The third kappa shape index (κ3) is 4.11. The van der Waals surface area contributed by atoms with Gasteiger partial charge in [-0.05, 0) is 54.7 Å². The van der Waals surface area contributed by atoms with Crippen molar-refractivity contribution < 1.29 is 18.1 Å². The van der Waals surface area contributed by atoms with E-state index in [1.165, 1.54) is 21.9 Å². The first-order valence-corrected chi connectivity index (χ1v) is 11.3. The van der Waals surface area contributed by atoms with Crippen LogP contribution in [-0.2, 0) is 27.7 Å². The smallest absolute Gasteiger partial charge is 0.279 e. The van der Waals surface area contributed by atoms with Crippen LogP contribution >= 0.6 is 0 Å². The summed E-state index contributed by atoms with van der Waals surface area (Å²) in [5.74, 6) is -0.0210.